The number of aliphatic hydroxyl groups is 1. The van der Waals surface area contributed by atoms with Crippen LogP contribution in [0.5, 0.6) is 0 Å². The number of fused-ring (bicyclic) bond motifs is 3. The zero-order valence-corrected chi connectivity index (χ0v) is 12.9. The van der Waals surface area contributed by atoms with Gasteiger partial charge in [-0.3, -0.25) is 4.90 Å². The third kappa shape index (κ3) is 2.37. The van der Waals surface area contributed by atoms with Crippen molar-refractivity contribution in [1.29, 1.82) is 0 Å². The van der Waals surface area contributed by atoms with Crippen LogP contribution < -0.4 is 0 Å². The summed E-state index contributed by atoms with van der Waals surface area (Å²) in [5.74, 6) is 0.610. The van der Waals surface area contributed by atoms with Crippen LogP contribution in [0.1, 0.15) is 30.4 Å². The van der Waals surface area contributed by atoms with Crippen LogP contribution in [0.2, 0.25) is 0 Å². The number of benzene rings is 2. The zero-order chi connectivity index (χ0) is 15.0. The Labute approximate surface area is 132 Å². The van der Waals surface area contributed by atoms with Gasteiger partial charge in [0.2, 0.25) is 0 Å². The molecule has 0 radical (unpaired) electrons. The Morgan fingerprint density at radius 3 is 2.32 bits per heavy atom. The maximum Gasteiger partial charge on any atom is 0.105 e. The largest absolute Gasteiger partial charge is 0.384 e. The number of nitrogens with zero attached hydrogens (tertiary/aromatic N) is 1. The first-order chi connectivity index (χ1) is 10.8. The molecule has 0 aromatic heterocycles. The molecule has 2 bridgehead atoms. The molecule has 0 unspecified atom stereocenters. The quantitative estimate of drug-likeness (QED) is 0.935. The number of hydrogen-bond donors (Lipinski definition) is 1. The van der Waals surface area contributed by atoms with Crippen molar-refractivity contribution in [1.82, 2.24) is 4.90 Å². The molecule has 0 spiro atoms. The molecule has 2 nitrogen and oxygen atoms in total. The van der Waals surface area contributed by atoms with E-state index in [1.54, 1.807) is 0 Å². The predicted octanol–water partition coefficient (Wildman–Crippen LogP) is 3.56. The smallest absolute Gasteiger partial charge is 0.105 e. The molecule has 2 aliphatic heterocycles. The van der Waals surface area contributed by atoms with Crippen molar-refractivity contribution >= 4 is 0 Å². The Hall–Kier alpha value is -1.64. The first-order valence-electron chi connectivity index (χ1n) is 8.31. The minimum atomic E-state index is -0.683. The van der Waals surface area contributed by atoms with E-state index in [1.807, 2.05) is 18.2 Å². The average Bonchev–Trinajstić information content (AvgIpc) is 2.57. The first-order valence-corrected chi connectivity index (χ1v) is 8.31. The Bertz CT molecular complexity index is 627. The topological polar surface area (TPSA) is 23.5 Å². The monoisotopic (exact) mass is 293 g/mol. The van der Waals surface area contributed by atoms with E-state index in [0.29, 0.717) is 5.92 Å². The Balaban J connectivity index is 1.63. The minimum Gasteiger partial charge on any atom is -0.384 e. The van der Waals surface area contributed by atoms with Crippen molar-refractivity contribution in [3.05, 3.63) is 71.8 Å². The molecule has 114 valence electrons. The fourth-order valence-electron chi connectivity index (χ4n) is 4.44. The molecule has 2 aromatic rings. The second-order valence-corrected chi connectivity index (χ2v) is 6.87. The van der Waals surface area contributed by atoms with Gasteiger partial charge in [-0.05, 0) is 36.3 Å². The van der Waals surface area contributed by atoms with Crippen molar-refractivity contribution in [2.75, 3.05) is 6.54 Å². The van der Waals surface area contributed by atoms with Gasteiger partial charge in [-0.25, -0.2) is 0 Å². The lowest BCUT2D eigenvalue weighted by molar-refractivity contribution is -0.140. The van der Waals surface area contributed by atoms with Gasteiger partial charge in [0.25, 0.3) is 0 Å². The molecular weight excluding hydrogens is 270 g/mol. The van der Waals surface area contributed by atoms with Crippen LogP contribution >= 0.6 is 0 Å². The molecule has 5 rings (SSSR count). The van der Waals surface area contributed by atoms with E-state index in [-0.39, 0.29) is 6.04 Å². The summed E-state index contributed by atoms with van der Waals surface area (Å²) >= 11 is 0. The lowest BCUT2D eigenvalue weighted by atomic mass is 9.67. The van der Waals surface area contributed by atoms with Gasteiger partial charge in [-0.1, -0.05) is 60.7 Å². The number of piperidine rings is 2. The molecule has 22 heavy (non-hydrogen) atoms. The number of rotatable bonds is 3. The van der Waals surface area contributed by atoms with Crippen molar-refractivity contribution in [3.8, 4) is 0 Å². The Morgan fingerprint density at radius 1 is 0.955 bits per heavy atom. The van der Waals surface area contributed by atoms with Crippen molar-refractivity contribution in [3.63, 3.8) is 0 Å². The SMILES string of the molecule is O[C@@]1(c2ccccc2)C[C@H]2CC[C@@H]1N(Cc1ccccc1)C2. The molecule has 1 N–H and O–H groups in total. The summed E-state index contributed by atoms with van der Waals surface area (Å²) in [7, 11) is 0. The molecule has 2 aromatic carbocycles. The van der Waals surface area contributed by atoms with E-state index in [4.69, 9.17) is 0 Å². The summed E-state index contributed by atoms with van der Waals surface area (Å²) in [5, 5.41) is 11.4. The molecule has 2 heterocycles. The summed E-state index contributed by atoms with van der Waals surface area (Å²) in [6, 6.07) is 21.1. The van der Waals surface area contributed by atoms with Crippen molar-refractivity contribution in [2.45, 2.75) is 37.5 Å². The second-order valence-electron chi connectivity index (χ2n) is 6.87. The molecule has 0 amide bonds. The van der Waals surface area contributed by atoms with E-state index in [0.717, 1.165) is 31.5 Å². The maximum atomic E-state index is 11.4. The molecular formula is C20H23NO. The molecule has 3 atom stereocenters. The third-order valence-corrected chi connectivity index (χ3v) is 5.44. The standard InChI is InChI=1S/C20H23NO/c22-20(18-9-5-2-6-10-18)13-17-11-12-19(20)21(15-17)14-16-7-3-1-4-8-16/h1-10,17,19,22H,11-15H2/t17-,19+,20-/m1/s1. The summed E-state index contributed by atoms with van der Waals surface area (Å²) in [5.41, 5.74) is 1.74. The average molecular weight is 293 g/mol. The Morgan fingerprint density at radius 2 is 1.64 bits per heavy atom. The highest BCUT2D eigenvalue weighted by Crippen LogP contribution is 2.47. The summed E-state index contributed by atoms with van der Waals surface area (Å²) in [4.78, 5) is 2.50. The van der Waals surface area contributed by atoms with Crippen LogP contribution in [0.15, 0.2) is 60.7 Å². The van der Waals surface area contributed by atoms with Gasteiger partial charge in [0.15, 0.2) is 0 Å². The van der Waals surface area contributed by atoms with Gasteiger partial charge < -0.3 is 5.11 Å². The van der Waals surface area contributed by atoms with E-state index in [1.165, 1.54) is 12.0 Å². The van der Waals surface area contributed by atoms with Crippen LogP contribution in [0, 0.1) is 5.92 Å². The van der Waals surface area contributed by atoms with Crippen LogP contribution in [0.25, 0.3) is 0 Å². The molecule has 3 aliphatic rings. The van der Waals surface area contributed by atoms with E-state index in [2.05, 4.69) is 47.4 Å². The molecule has 1 saturated carbocycles. The highest BCUT2D eigenvalue weighted by molar-refractivity contribution is 5.27. The van der Waals surface area contributed by atoms with Gasteiger partial charge in [0, 0.05) is 19.1 Å². The van der Waals surface area contributed by atoms with E-state index in [9.17, 15) is 5.11 Å². The van der Waals surface area contributed by atoms with E-state index < -0.39 is 5.60 Å². The third-order valence-electron chi connectivity index (χ3n) is 5.44. The van der Waals surface area contributed by atoms with Crippen LogP contribution in [-0.2, 0) is 12.1 Å². The van der Waals surface area contributed by atoms with Crippen molar-refractivity contribution < 1.29 is 5.11 Å². The molecule has 2 saturated heterocycles. The molecule has 1 aliphatic carbocycles. The minimum absolute atomic E-state index is 0.236. The van der Waals surface area contributed by atoms with Gasteiger partial charge in [0.05, 0.1) is 0 Å². The zero-order valence-electron chi connectivity index (χ0n) is 12.9. The number of hydrogen-bond acceptors (Lipinski definition) is 2. The summed E-state index contributed by atoms with van der Waals surface area (Å²) in [6.07, 6.45) is 3.26. The summed E-state index contributed by atoms with van der Waals surface area (Å²) < 4.78 is 0. The van der Waals surface area contributed by atoms with Gasteiger partial charge >= 0.3 is 0 Å². The van der Waals surface area contributed by atoms with Crippen LogP contribution in [-0.4, -0.2) is 22.6 Å². The fourth-order valence-corrected chi connectivity index (χ4v) is 4.44. The first kappa shape index (κ1) is 14.0. The fraction of sp³-hybridized carbons (Fsp3) is 0.400. The second kappa shape index (κ2) is 5.53. The van der Waals surface area contributed by atoms with Gasteiger partial charge in [0.1, 0.15) is 5.60 Å². The maximum absolute atomic E-state index is 11.4. The summed E-state index contributed by atoms with van der Waals surface area (Å²) in [6.45, 7) is 2.06. The van der Waals surface area contributed by atoms with E-state index >= 15 is 0 Å². The Kier molecular flexibility index (Phi) is 3.51. The molecule has 2 heteroatoms. The lowest BCUT2D eigenvalue weighted by Crippen LogP contribution is -2.60. The van der Waals surface area contributed by atoms with Gasteiger partial charge in [-0.2, -0.15) is 0 Å². The normalized spacial score (nSPS) is 31.3. The van der Waals surface area contributed by atoms with Crippen LogP contribution in [0.3, 0.4) is 0 Å². The van der Waals surface area contributed by atoms with Crippen LogP contribution in [0.4, 0.5) is 0 Å². The molecule has 3 fully saturated rings. The van der Waals surface area contributed by atoms with Crippen molar-refractivity contribution in [2.24, 2.45) is 5.92 Å². The highest BCUT2D eigenvalue weighted by atomic mass is 16.3. The highest BCUT2D eigenvalue weighted by Gasteiger charge is 2.50. The predicted molar refractivity (Wildman–Crippen MR) is 88.3 cm³/mol. The van der Waals surface area contributed by atoms with Gasteiger partial charge in [-0.15, -0.1) is 0 Å². The lowest BCUT2D eigenvalue weighted by Gasteiger charge is -2.55.